The maximum absolute atomic E-state index is 13.1. The topological polar surface area (TPSA) is 89.0 Å². The molecule has 184 valence electrons. The standard InChI is InChI=1S/C28H33N3O4/c1-27(2)14-18-13-21(34-5)24-19(15-28(3,4)35-24)22(18)23(31-27)16-8-6-9-17(12-16)25(32)30-20-10-7-11-29-26(20)33/h6,8-9,12-13,20H,7,10-11,14-15H2,1-5H3,(H,29,33)(H,30,32). The van der Waals surface area contributed by atoms with Gasteiger partial charge in [-0.05, 0) is 70.7 Å². The third-order valence-corrected chi connectivity index (χ3v) is 6.89. The van der Waals surface area contributed by atoms with E-state index < -0.39 is 6.04 Å². The summed E-state index contributed by atoms with van der Waals surface area (Å²) < 4.78 is 12.0. The highest BCUT2D eigenvalue weighted by molar-refractivity contribution is 6.17. The van der Waals surface area contributed by atoms with E-state index in [0.717, 1.165) is 53.2 Å². The minimum absolute atomic E-state index is 0.125. The molecule has 1 fully saturated rings. The zero-order valence-electron chi connectivity index (χ0n) is 21.1. The van der Waals surface area contributed by atoms with Gasteiger partial charge in [0.25, 0.3) is 5.91 Å². The van der Waals surface area contributed by atoms with Gasteiger partial charge in [-0.15, -0.1) is 0 Å². The fraction of sp³-hybridized carbons (Fsp3) is 0.464. The first-order valence-electron chi connectivity index (χ1n) is 12.3. The number of carbonyl (C=O) groups is 2. The highest BCUT2D eigenvalue weighted by atomic mass is 16.5. The summed E-state index contributed by atoms with van der Waals surface area (Å²) in [6.45, 7) is 9.05. The molecule has 3 heterocycles. The first kappa shape index (κ1) is 23.4. The Labute approximate surface area is 206 Å². The molecule has 1 saturated heterocycles. The zero-order chi connectivity index (χ0) is 25.0. The van der Waals surface area contributed by atoms with Crippen molar-refractivity contribution in [2.75, 3.05) is 13.7 Å². The molecular formula is C28H33N3O4. The van der Waals surface area contributed by atoms with Crippen LogP contribution in [0.3, 0.4) is 0 Å². The highest BCUT2D eigenvalue weighted by Crippen LogP contribution is 2.47. The smallest absolute Gasteiger partial charge is 0.251 e. The number of amides is 2. The van der Waals surface area contributed by atoms with Crippen molar-refractivity contribution in [3.8, 4) is 11.5 Å². The number of ether oxygens (including phenoxy) is 2. The second-order valence-electron chi connectivity index (χ2n) is 10.9. The van der Waals surface area contributed by atoms with Gasteiger partial charge in [-0.1, -0.05) is 12.1 Å². The van der Waals surface area contributed by atoms with Gasteiger partial charge in [0.1, 0.15) is 11.6 Å². The Morgan fingerprint density at radius 2 is 2.00 bits per heavy atom. The van der Waals surface area contributed by atoms with Crippen molar-refractivity contribution >= 4 is 17.5 Å². The van der Waals surface area contributed by atoms with Crippen LogP contribution in [0.1, 0.15) is 73.1 Å². The van der Waals surface area contributed by atoms with E-state index >= 15 is 0 Å². The van der Waals surface area contributed by atoms with E-state index in [1.54, 1.807) is 13.2 Å². The third-order valence-electron chi connectivity index (χ3n) is 6.89. The van der Waals surface area contributed by atoms with Crippen molar-refractivity contribution in [1.29, 1.82) is 0 Å². The van der Waals surface area contributed by atoms with Crippen LogP contribution in [0.15, 0.2) is 35.3 Å². The molecule has 0 aromatic heterocycles. The summed E-state index contributed by atoms with van der Waals surface area (Å²) in [5.41, 5.74) is 4.95. The summed E-state index contributed by atoms with van der Waals surface area (Å²) in [6.07, 6.45) is 3.03. The van der Waals surface area contributed by atoms with Crippen LogP contribution in [0.25, 0.3) is 0 Å². The van der Waals surface area contributed by atoms with Crippen molar-refractivity contribution in [3.63, 3.8) is 0 Å². The lowest BCUT2D eigenvalue weighted by Crippen LogP contribution is -2.50. The monoisotopic (exact) mass is 475 g/mol. The van der Waals surface area contributed by atoms with Gasteiger partial charge in [0.05, 0.1) is 18.4 Å². The summed E-state index contributed by atoms with van der Waals surface area (Å²) in [5, 5.41) is 5.71. The number of nitrogens with zero attached hydrogens (tertiary/aromatic N) is 1. The van der Waals surface area contributed by atoms with E-state index in [1.807, 2.05) is 18.2 Å². The van der Waals surface area contributed by atoms with E-state index in [4.69, 9.17) is 14.5 Å². The summed E-state index contributed by atoms with van der Waals surface area (Å²) in [5.74, 6) is 1.15. The number of nitrogens with one attached hydrogen (secondary N) is 2. The van der Waals surface area contributed by atoms with Gasteiger partial charge >= 0.3 is 0 Å². The second kappa shape index (κ2) is 8.40. The van der Waals surface area contributed by atoms with Gasteiger partial charge in [-0.2, -0.15) is 0 Å². The molecule has 0 spiro atoms. The third kappa shape index (κ3) is 4.40. The number of hydrogen-bond donors (Lipinski definition) is 2. The molecule has 2 aromatic carbocycles. The van der Waals surface area contributed by atoms with Crippen LogP contribution in [0.5, 0.6) is 11.5 Å². The number of carbonyl (C=O) groups excluding carboxylic acids is 2. The SMILES string of the molecule is COc1cc2c(c3c1OC(C)(C)C3)C(c1cccc(C(=O)NC3CCCNC3=O)c1)=NC(C)(C)C2. The molecule has 7 nitrogen and oxygen atoms in total. The van der Waals surface area contributed by atoms with Gasteiger partial charge < -0.3 is 20.1 Å². The van der Waals surface area contributed by atoms with Crippen LogP contribution in [0, 0.1) is 0 Å². The van der Waals surface area contributed by atoms with Crippen LogP contribution >= 0.6 is 0 Å². The van der Waals surface area contributed by atoms with Crippen LogP contribution in [-0.4, -0.2) is 48.4 Å². The Balaban J connectivity index is 1.56. The molecule has 0 aliphatic carbocycles. The van der Waals surface area contributed by atoms with E-state index in [-0.39, 0.29) is 23.0 Å². The molecule has 7 heteroatoms. The van der Waals surface area contributed by atoms with Crippen LogP contribution in [0.2, 0.25) is 0 Å². The number of fused-ring (bicyclic) bond motifs is 3. The van der Waals surface area contributed by atoms with Gasteiger partial charge in [0, 0.05) is 35.2 Å². The molecule has 2 aromatic rings. The Morgan fingerprint density at radius 3 is 2.74 bits per heavy atom. The lowest BCUT2D eigenvalue weighted by molar-refractivity contribution is -0.124. The molecule has 1 unspecified atom stereocenters. The molecule has 0 saturated carbocycles. The number of methoxy groups -OCH3 is 1. The van der Waals surface area contributed by atoms with E-state index in [0.29, 0.717) is 18.5 Å². The Hall–Kier alpha value is -3.35. The van der Waals surface area contributed by atoms with Crippen molar-refractivity contribution in [3.05, 3.63) is 58.1 Å². The molecule has 3 aliphatic heterocycles. The Morgan fingerprint density at radius 1 is 1.20 bits per heavy atom. The largest absolute Gasteiger partial charge is 0.493 e. The van der Waals surface area contributed by atoms with E-state index in [9.17, 15) is 9.59 Å². The van der Waals surface area contributed by atoms with Crippen molar-refractivity contribution in [2.24, 2.45) is 4.99 Å². The van der Waals surface area contributed by atoms with Crippen molar-refractivity contribution in [2.45, 2.75) is 70.6 Å². The number of hydrogen-bond acceptors (Lipinski definition) is 5. The second-order valence-corrected chi connectivity index (χ2v) is 10.9. The summed E-state index contributed by atoms with van der Waals surface area (Å²) >= 11 is 0. The summed E-state index contributed by atoms with van der Waals surface area (Å²) in [6, 6.07) is 9.09. The van der Waals surface area contributed by atoms with E-state index in [2.05, 4.69) is 44.4 Å². The van der Waals surface area contributed by atoms with Gasteiger partial charge in [-0.25, -0.2) is 0 Å². The molecular weight excluding hydrogens is 442 g/mol. The van der Waals surface area contributed by atoms with Crippen LogP contribution in [0.4, 0.5) is 0 Å². The summed E-state index contributed by atoms with van der Waals surface area (Å²) in [4.78, 5) is 30.3. The average molecular weight is 476 g/mol. The van der Waals surface area contributed by atoms with Crippen molar-refractivity contribution in [1.82, 2.24) is 10.6 Å². The minimum Gasteiger partial charge on any atom is -0.493 e. The predicted octanol–water partition coefficient (Wildman–Crippen LogP) is 3.59. The average Bonchev–Trinajstić information content (AvgIpc) is 3.13. The lowest BCUT2D eigenvalue weighted by Gasteiger charge is -2.31. The fourth-order valence-corrected chi connectivity index (χ4v) is 5.39. The number of rotatable bonds is 4. The van der Waals surface area contributed by atoms with Gasteiger partial charge in [-0.3, -0.25) is 14.6 Å². The molecule has 3 aliphatic rings. The molecule has 2 N–H and O–H groups in total. The van der Waals surface area contributed by atoms with Gasteiger partial charge in [0.15, 0.2) is 11.5 Å². The molecule has 35 heavy (non-hydrogen) atoms. The minimum atomic E-state index is -0.498. The fourth-order valence-electron chi connectivity index (χ4n) is 5.39. The van der Waals surface area contributed by atoms with Crippen LogP contribution in [-0.2, 0) is 17.6 Å². The number of aliphatic imine (C=N–C) groups is 1. The molecule has 5 rings (SSSR count). The molecule has 0 radical (unpaired) electrons. The lowest BCUT2D eigenvalue weighted by atomic mass is 9.80. The quantitative estimate of drug-likeness (QED) is 0.707. The van der Waals surface area contributed by atoms with E-state index in [1.165, 1.54) is 5.56 Å². The highest BCUT2D eigenvalue weighted by Gasteiger charge is 2.39. The maximum atomic E-state index is 13.1. The number of piperidine rings is 1. The summed E-state index contributed by atoms with van der Waals surface area (Å²) in [7, 11) is 1.67. The molecule has 1 atom stereocenters. The zero-order valence-corrected chi connectivity index (χ0v) is 21.1. The Kier molecular flexibility index (Phi) is 5.61. The maximum Gasteiger partial charge on any atom is 0.251 e. The Bertz CT molecular complexity index is 1250. The normalized spacial score (nSPS) is 21.7. The van der Waals surface area contributed by atoms with Crippen LogP contribution < -0.4 is 20.1 Å². The number of benzene rings is 2. The first-order chi connectivity index (χ1) is 16.6. The molecule has 2 amide bonds. The van der Waals surface area contributed by atoms with Crippen molar-refractivity contribution < 1.29 is 19.1 Å². The predicted molar refractivity (Wildman–Crippen MR) is 135 cm³/mol. The first-order valence-corrected chi connectivity index (χ1v) is 12.3. The van der Waals surface area contributed by atoms with Gasteiger partial charge in [0.2, 0.25) is 5.91 Å². The molecule has 0 bridgehead atoms.